The zero-order valence-electron chi connectivity index (χ0n) is 20.0. The fraction of sp³-hybridized carbons (Fsp3) is 0.615. The summed E-state index contributed by atoms with van der Waals surface area (Å²) in [5.74, 6) is 1.93. The second-order valence-corrected chi connectivity index (χ2v) is 10.4. The number of anilines is 2. The van der Waals surface area contributed by atoms with Gasteiger partial charge in [0.2, 0.25) is 0 Å². The van der Waals surface area contributed by atoms with Gasteiger partial charge in [-0.25, -0.2) is 0 Å². The summed E-state index contributed by atoms with van der Waals surface area (Å²) in [5, 5.41) is 26.1. The Kier molecular flexibility index (Phi) is 6.28. The van der Waals surface area contributed by atoms with Crippen LogP contribution in [0.4, 0.5) is 11.5 Å². The summed E-state index contributed by atoms with van der Waals surface area (Å²) < 4.78 is 0. The molecule has 0 unspecified atom stereocenters. The van der Waals surface area contributed by atoms with Crippen LogP contribution in [0.5, 0.6) is 5.75 Å². The number of phenols is 1. The molecule has 8 nitrogen and oxygen atoms in total. The first-order valence-electron chi connectivity index (χ1n) is 13.1. The number of nitrogens with zero attached hydrogens (tertiary/aromatic N) is 5. The molecule has 3 N–H and O–H groups in total. The number of hydrogen-bond donors (Lipinski definition) is 3. The first-order chi connectivity index (χ1) is 16.7. The molecule has 3 saturated heterocycles. The van der Waals surface area contributed by atoms with E-state index in [1.54, 1.807) is 6.07 Å². The molecule has 0 saturated carbocycles. The highest BCUT2D eigenvalue weighted by Crippen LogP contribution is 2.36. The van der Waals surface area contributed by atoms with E-state index in [2.05, 4.69) is 41.6 Å². The molecule has 1 aromatic carbocycles. The molecule has 3 fully saturated rings. The largest absolute Gasteiger partial charge is 0.507 e. The Balaban J connectivity index is 1.07. The van der Waals surface area contributed by atoms with E-state index in [1.165, 1.54) is 58.4 Å². The number of fused-ring (bicyclic) bond motifs is 3. The molecule has 0 amide bonds. The van der Waals surface area contributed by atoms with Gasteiger partial charge in [-0.05, 0) is 76.0 Å². The fourth-order valence-electron chi connectivity index (χ4n) is 6.38. The van der Waals surface area contributed by atoms with Gasteiger partial charge in [-0.15, -0.1) is 10.2 Å². The number of hydrogen-bond acceptors (Lipinski definition) is 8. The van der Waals surface area contributed by atoms with Gasteiger partial charge in [0, 0.05) is 44.3 Å². The van der Waals surface area contributed by atoms with Crippen molar-refractivity contribution in [2.45, 2.75) is 37.8 Å². The highest BCUT2D eigenvalue weighted by atomic mass is 16.3. The van der Waals surface area contributed by atoms with Gasteiger partial charge in [0.1, 0.15) is 5.75 Å². The Hall–Kier alpha value is -2.42. The van der Waals surface area contributed by atoms with E-state index in [1.807, 2.05) is 18.2 Å². The summed E-state index contributed by atoms with van der Waals surface area (Å²) in [4.78, 5) is 7.96. The van der Waals surface area contributed by atoms with Crippen LogP contribution < -0.4 is 15.5 Å². The maximum Gasteiger partial charge on any atom is 0.172 e. The van der Waals surface area contributed by atoms with E-state index in [9.17, 15) is 5.11 Å². The molecule has 0 radical (unpaired) electrons. The van der Waals surface area contributed by atoms with E-state index >= 15 is 0 Å². The summed E-state index contributed by atoms with van der Waals surface area (Å²) >= 11 is 0. The van der Waals surface area contributed by atoms with Crippen LogP contribution >= 0.6 is 0 Å². The second kappa shape index (κ2) is 9.68. The Morgan fingerprint density at radius 1 is 0.941 bits per heavy atom. The summed E-state index contributed by atoms with van der Waals surface area (Å²) in [6.07, 6.45) is 5.32. The minimum absolute atomic E-state index is 0.244. The molecule has 4 aliphatic rings. The molecular formula is C26H37N7O. The van der Waals surface area contributed by atoms with E-state index in [4.69, 9.17) is 0 Å². The summed E-state index contributed by atoms with van der Waals surface area (Å²) in [6, 6.07) is 10.7. The number of rotatable bonds is 4. The van der Waals surface area contributed by atoms with Crippen molar-refractivity contribution in [3.63, 3.8) is 0 Å². The number of benzene rings is 1. The predicted octanol–water partition coefficient (Wildman–Crippen LogP) is 2.23. The molecule has 2 aromatic rings. The molecule has 6 rings (SSSR count). The normalized spacial score (nSPS) is 24.9. The first-order valence-corrected chi connectivity index (χ1v) is 13.1. The van der Waals surface area contributed by atoms with Gasteiger partial charge in [0.05, 0.1) is 17.4 Å². The van der Waals surface area contributed by atoms with Crippen molar-refractivity contribution in [3.8, 4) is 17.0 Å². The highest BCUT2D eigenvalue weighted by molar-refractivity contribution is 5.76. The number of piperazine rings is 1. The van der Waals surface area contributed by atoms with Gasteiger partial charge < -0.3 is 25.5 Å². The van der Waals surface area contributed by atoms with E-state index in [-0.39, 0.29) is 5.75 Å². The van der Waals surface area contributed by atoms with Crippen LogP contribution in [0.15, 0.2) is 30.3 Å². The van der Waals surface area contributed by atoms with Crippen LogP contribution in [0.2, 0.25) is 0 Å². The average molecular weight is 464 g/mol. The van der Waals surface area contributed by atoms with Gasteiger partial charge in [-0.1, -0.05) is 12.1 Å². The third-order valence-electron chi connectivity index (χ3n) is 8.33. The van der Waals surface area contributed by atoms with Gasteiger partial charge in [0.15, 0.2) is 5.82 Å². The maximum absolute atomic E-state index is 10.3. The van der Waals surface area contributed by atoms with Crippen LogP contribution in [-0.2, 0) is 0 Å². The third kappa shape index (κ3) is 4.46. The fourth-order valence-corrected chi connectivity index (χ4v) is 6.38. The number of likely N-dealkylation sites (tertiary alicyclic amines) is 1. The van der Waals surface area contributed by atoms with Crippen LogP contribution in [-0.4, -0.2) is 96.1 Å². The predicted molar refractivity (Wildman–Crippen MR) is 135 cm³/mol. The van der Waals surface area contributed by atoms with E-state index in [0.717, 1.165) is 60.9 Å². The minimum Gasteiger partial charge on any atom is -0.507 e. The second-order valence-electron chi connectivity index (χ2n) is 10.4. The average Bonchev–Trinajstić information content (AvgIpc) is 2.89. The van der Waals surface area contributed by atoms with Gasteiger partial charge in [-0.2, -0.15) is 0 Å². The molecule has 182 valence electrons. The topological polar surface area (TPSA) is 79.8 Å². The van der Waals surface area contributed by atoms with Crippen LogP contribution in [0, 0.1) is 5.92 Å². The van der Waals surface area contributed by atoms with Crippen molar-refractivity contribution >= 4 is 11.5 Å². The summed E-state index contributed by atoms with van der Waals surface area (Å²) in [7, 11) is 0. The molecule has 0 bridgehead atoms. The lowest BCUT2D eigenvalue weighted by molar-refractivity contribution is 0.0899. The molecule has 0 spiro atoms. The Morgan fingerprint density at radius 3 is 2.59 bits per heavy atom. The maximum atomic E-state index is 10.3. The van der Waals surface area contributed by atoms with Crippen LogP contribution in [0.25, 0.3) is 11.3 Å². The monoisotopic (exact) mass is 463 g/mol. The van der Waals surface area contributed by atoms with Crippen molar-refractivity contribution in [3.05, 3.63) is 30.3 Å². The van der Waals surface area contributed by atoms with Crippen LogP contribution in [0.3, 0.4) is 0 Å². The quantitative estimate of drug-likeness (QED) is 0.637. The standard InChI is InChI=1S/C26H37N7O/c34-25-4-2-1-3-22(25)23-15-24-26(30-29-23)28-16-21-18-31(13-14-33(21)24)17-19-7-11-32(12-8-19)20-5-9-27-10-6-20/h1-4,15,19-21,27,34H,5-14,16-18H2,(H,28,30)/t21-/m0/s1. The minimum atomic E-state index is 0.244. The number of piperidine rings is 2. The SMILES string of the molecule is Oc1ccccc1-c1cc2c(nn1)NC[C@H]1CN(CC3CCN(C4CCNCC4)CC3)CCN21. The zero-order chi connectivity index (χ0) is 22.9. The Bertz CT molecular complexity index is 987. The summed E-state index contributed by atoms with van der Waals surface area (Å²) in [6.45, 7) is 10.3. The van der Waals surface area contributed by atoms with Gasteiger partial charge in [-0.3, -0.25) is 4.90 Å². The van der Waals surface area contributed by atoms with E-state index < -0.39 is 0 Å². The van der Waals surface area contributed by atoms with Crippen molar-refractivity contribution < 1.29 is 5.11 Å². The third-order valence-corrected chi connectivity index (χ3v) is 8.33. The molecule has 1 aromatic heterocycles. The number of aromatic nitrogens is 2. The zero-order valence-corrected chi connectivity index (χ0v) is 20.0. The number of nitrogens with one attached hydrogen (secondary N) is 2. The molecule has 8 heteroatoms. The molecular weight excluding hydrogens is 426 g/mol. The van der Waals surface area contributed by atoms with Gasteiger partial charge >= 0.3 is 0 Å². The number of aromatic hydroxyl groups is 1. The first kappa shape index (κ1) is 22.1. The van der Waals surface area contributed by atoms with Crippen molar-refractivity contribution in [2.24, 2.45) is 5.92 Å². The Labute approximate surface area is 202 Å². The Morgan fingerprint density at radius 2 is 1.76 bits per heavy atom. The lowest BCUT2D eigenvalue weighted by Crippen LogP contribution is -2.58. The molecule has 4 aliphatic heterocycles. The number of phenolic OH excluding ortho intramolecular Hbond substituents is 1. The van der Waals surface area contributed by atoms with Gasteiger partial charge in [0.25, 0.3) is 0 Å². The molecule has 0 aliphatic carbocycles. The number of para-hydroxylation sites is 1. The van der Waals surface area contributed by atoms with Crippen molar-refractivity contribution in [1.29, 1.82) is 0 Å². The van der Waals surface area contributed by atoms with Crippen LogP contribution in [0.1, 0.15) is 25.7 Å². The highest BCUT2D eigenvalue weighted by Gasteiger charge is 2.34. The summed E-state index contributed by atoms with van der Waals surface area (Å²) in [5.41, 5.74) is 2.57. The van der Waals surface area contributed by atoms with E-state index in [0.29, 0.717) is 6.04 Å². The lowest BCUT2D eigenvalue weighted by Gasteiger charge is -2.47. The molecule has 34 heavy (non-hydrogen) atoms. The lowest BCUT2D eigenvalue weighted by atomic mass is 9.92. The molecule has 1 atom stereocenters. The molecule has 5 heterocycles. The van der Waals surface area contributed by atoms with Crippen molar-refractivity contribution in [1.82, 2.24) is 25.3 Å². The smallest absolute Gasteiger partial charge is 0.172 e. The van der Waals surface area contributed by atoms with Crippen molar-refractivity contribution in [2.75, 3.05) is 69.1 Å².